The zero-order chi connectivity index (χ0) is 19.5. The van der Waals surface area contributed by atoms with Gasteiger partial charge in [-0.15, -0.1) is 0 Å². The molecule has 1 amide bonds. The highest BCUT2D eigenvalue weighted by Crippen LogP contribution is 2.26. The molecule has 1 aliphatic rings. The van der Waals surface area contributed by atoms with Crippen molar-refractivity contribution in [3.8, 4) is 0 Å². The number of hydrogen-bond donors (Lipinski definition) is 2. The quantitative estimate of drug-likeness (QED) is 0.714. The molecule has 0 unspecified atom stereocenters. The first-order valence-corrected chi connectivity index (χ1v) is 9.29. The molecule has 1 aromatic carbocycles. The first kappa shape index (κ1) is 18.0. The fourth-order valence-corrected chi connectivity index (χ4v) is 3.66. The lowest BCUT2D eigenvalue weighted by molar-refractivity contribution is 0.0708. The highest BCUT2D eigenvalue weighted by atomic mass is 16.2. The van der Waals surface area contributed by atoms with Crippen LogP contribution < -0.4 is 11.2 Å². The third-order valence-electron chi connectivity index (χ3n) is 5.17. The fraction of sp³-hybridized carbons (Fsp3) is 0.300. The topological polar surface area (TPSA) is 104 Å². The zero-order valence-electron chi connectivity index (χ0n) is 15.3. The molecule has 144 valence electrons. The van der Waals surface area contributed by atoms with Crippen LogP contribution in [0.3, 0.4) is 0 Å². The van der Waals surface area contributed by atoms with Crippen LogP contribution in [0.2, 0.25) is 0 Å². The molecule has 1 fully saturated rings. The number of aromatic amines is 2. The minimum Gasteiger partial charge on any atom is -0.338 e. The third-order valence-corrected chi connectivity index (χ3v) is 5.17. The highest BCUT2D eigenvalue weighted by molar-refractivity contribution is 5.93. The van der Waals surface area contributed by atoms with Gasteiger partial charge in [-0.2, -0.15) is 5.10 Å². The van der Waals surface area contributed by atoms with Crippen LogP contribution in [-0.4, -0.2) is 43.6 Å². The summed E-state index contributed by atoms with van der Waals surface area (Å²) in [5.41, 5.74) is 0.580. The number of benzene rings is 1. The normalized spacial score (nSPS) is 14.9. The maximum Gasteiger partial charge on any atom is 0.343 e. The smallest absolute Gasteiger partial charge is 0.338 e. The Labute approximate surface area is 160 Å². The lowest BCUT2D eigenvalue weighted by atomic mass is 9.95. The van der Waals surface area contributed by atoms with Crippen molar-refractivity contribution in [3.05, 3.63) is 86.5 Å². The molecule has 0 atom stereocenters. The number of carbonyl (C=O) groups is 1. The van der Waals surface area contributed by atoms with Gasteiger partial charge in [-0.05, 0) is 30.5 Å². The number of nitrogens with one attached hydrogen (secondary N) is 2. The van der Waals surface area contributed by atoms with E-state index in [1.807, 2.05) is 30.3 Å². The minimum absolute atomic E-state index is 0.0840. The number of piperidine rings is 1. The molecule has 2 aromatic heterocycles. The number of rotatable bonds is 4. The molecule has 8 heteroatoms. The van der Waals surface area contributed by atoms with Crippen LogP contribution in [0.15, 0.2) is 58.3 Å². The largest absolute Gasteiger partial charge is 0.343 e. The average Bonchev–Trinajstić information content (AvgIpc) is 3.09. The van der Waals surface area contributed by atoms with Gasteiger partial charge >= 0.3 is 5.69 Å². The highest BCUT2D eigenvalue weighted by Gasteiger charge is 2.28. The van der Waals surface area contributed by atoms with Crippen molar-refractivity contribution in [2.24, 2.45) is 0 Å². The summed E-state index contributed by atoms with van der Waals surface area (Å²) in [5.74, 6) is 0.545. The van der Waals surface area contributed by atoms with Gasteiger partial charge in [0.25, 0.3) is 11.5 Å². The molecule has 2 N–H and O–H groups in total. The van der Waals surface area contributed by atoms with E-state index in [0.29, 0.717) is 32.5 Å². The molecule has 3 heterocycles. The Bertz CT molecular complexity index is 1070. The Morgan fingerprint density at radius 3 is 2.54 bits per heavy atom. The average molecular weight is 379 g/mol. The number of pyridine rings is 1. The van der Waals surface area contributed by atoms with Crippen molar-refractivity contribution >= 4 is 5.91 Å². The Kier molecular flexibility index (Phi) is 4.92. The van der Waals surface area contributed by atoms with Crippen LogP contribution in [0.4, 0.5) is 0 Å². The van der Waals surface area contributed by atoms with Gasteiger partial charge in [-0.1, -0.05) is 30.3 Å². The number of carbonyl (C=O) groups excluding carboxylic acids is 1. The van der Waals surface area contributed by atoms with Crippen LogP contribution in [0.5, 0.6) is 0 Å². The molecule has 0 saturated carbocycles. The molecule has 8 nitrogen and oxygen atoms in total. The third kappa shape index (κ3) is 3.53. The fourth-order valence-electron chi connectivity index (χ4n) is 3.66. The van der Waals surface area contributed by atoms with E-state index in [0.717, 1.165) is 11.4 Å². The van der Waals surface area contributed by atoms with Gasteiger partial charge in [-0.3, -0.25) is 14.2 Å². The predicted molar refractivity (Wildman–Crippen MR) is 103 cm³/mol. The SMILES string of the molecule is O=C(c1ccc[nH]c1=O)N1CCC(c2n[nH]c(=O)n2Cc2ccccc2)CC1. The van der Waals surface area contributed by atoms with Gasteiger partial charge < -0.3 is 9.88 Å². The summed E-state index contributed by atoms with van der Waals surface area (Å²) in [6.07, 6.45) is 2.89. The van der Waals surface area contributed by atoms with E-state index in [1.54, 1.807) is 21.6 Å². The molecular formula is C20H21N5O3. The molecule has 0 aliphatic carbocycles. The number of likely N-dealkylation sites (tertiary alicyclic amines) is 1. The van der Waals surface area contributed by atoms with E-state index in [4.69, 9.17) is 0 Å². The number of hydrogen-bond acceptors (Lipinski definition) is 4. The van der Waals surface area contributed by atoms with Crippen molar-refractivity contribution in [3.63, 3.8) is 0 Å². The van der Waals surface area contributed by atoms with Crippen LogP contribution in [0.1, 0.15) is 40.5 Å². The van der Waals surface area contributed by atoms with E-state index >= 15 is 0 Å². The number of nitrogens with zero attached hydrogens (tertiary/aromatic N) is 3. The lowest BCUT2D eigenvalue weighted by Crippen LogP contribution is -2.40. The van der Waals surface area contributed by atoms with Crippen molar-refractivity contribution in [1.82, 2.24) is 24.6 Å². The summed E-state index contributed by atoms with van der Waals surface area (Å²) in [6, 6.07) is 13.0. The predicted octanol–water partition coefficient (Wildman–Crippen LogP) is 1.33. The van der Waals surface area contributed by atoms with E-state index in [9.17, 15) is 14.4 Å². The van der Waals surface area contributed by atoms with E-state index < -0.39 is 0 Å². The van der Waals surface area contributed by atoms with Gasteiger partial charge in [0.05, 0.1) is 6.54 Å². The van der Waals surface area contributed by atoms with Crippen molar-refractivity contribution < 1.29 is 4.79 Å². The maximum absolute atomic E-state index is 12.6. The molecule has 1 aliphatic heterocycles. The van der Waals surface area contributed by atoms with Crippen molar-refractivity contribution in [2.45, 2.75) is 25.3 Å². The Hall–Kier alpha value is -3.42. The van der Waals surface area contributed by atoms with Gasteiger partial charge in [0.1, 0.15) is 11.4 Å². The van der Waals surface area contributed by atoms with Gasteiger partial charge in [0.15, 0.2) is 0 Å². The number of aromatic nitrogens is 4. The van der Waals surface area contributed by atoms with Gasteiger partial charge in [-0.25, -0.2) is 9.89 Å². The molecule has 0 radical (unpaired) electrons. The van der Waals surface area contributed by atoms with Crippen LogP contribution >= 0.6 is 0 Å². The van der Waals surface area contributed by atoms with Crippen molar-refractivity contribution in [1.29, 1.82) is 0 Å². The van der Waals surface area contributed by atoms with Crippen LogP contribution in [-0.2, 0) is 6.54 Å². The summed E-state index contributed by atoms with van der Waals surface area (Å²) in [7, 11) is 0. The molecule has 0 spiro atoms. The second-order valence-corrected chi connectivity index (χ2v) is 6.94. The number of H-pyrrole nitrogens is 2. The van der Waals surface area contributed by atoms with Crippen molar-refractivity contribution in [2.75, 3.05) is 13.1 Å². The summed E-state index contributed by atoms with van der Waals surface area (Å²) >= 11 is 0. The second kappa shape index (κ2) is 7.67. The molecule has 3 aromatic rings. The standard InChI is InChI=1S/C20H21N5O3/c26-18-16(7-4-10-21-18)19(27)24-11-8-15(9-12-24)17-22-23-20(28)25(17)13-14-5-2-1-3-6-14/h1-7,10,15H,8-9,11-13H2,(H,21,26)(H,23,28). The zero-order valence-corrected chi connectivity index (χ0v) is 15.3. The van der Waals surface area contributed by atoms with Gasteiger partial charge in [0.2, 0.25) is 0 Å². The summed E-state index contributed by atoms with van der Waals surface area (Å²) in [5, 5.41) is 6.80. The molecule has 4 rings (SSSR count). The van der Waals surface area contributed by atoms with Gasteiger partial charge in [0, 0.05) is 25.2 Å². The monoisotopic (exact) mass is 379 g/mol. The molecule has 0 bridgehead atoms. The Morgan fingerprint density at radius 1 is 1.07 bits per heavy atom. The summed E-state index contributed by atoms with van der Waals surface area (Å²) in [6.45, 7) is 1.50. The maximum atomic E-state index is 12.6. The molecular weight excluding hydrogens is 358 g/mol. The Morgan fingerprint density at radius 2 is 1.82 bits per heavy atom. The number of amides is 1. The second-order valence-electron chi connectivity index (χ2n) is 6.94. The Balaban J connectivity index is 1.47. The van der Waals surface area contributed by atoms with E-state index in [1.165, 1.54) is 6.20 Å². The van der Waals surface area contributed by atoms with E-state index in [2.05, 4.69) is 15.2 Å². The first-order chi connectivity index (χ1) is 13.6. The summed E-state index contributed by atoms with van der Waals surface area (Å²) < 4.78 is 1.67. The van der Waals surface area contributed by atoms with Crippen LogP contribution in [0.25, 0.3) is 0 Å². The minimum atomic E-state index is -0.376. The lowest BCUT2D eigenvalue weighted by Gasteiger charge is -2.31. The van der Waals surface area contributed by atoms with E-state index in [-0.39, 0.29) is 28.6 Å². The summed E-state index contributed by atoms with van der Waals surface area (Å²) in [4.78, 5) is 40.9. The molecule has 28 heavy (non-hydrogen) atoms. The first-order valence-electron chi connectivity index (χ1n) is 9.29. The molecule has 1 saturated heterocycles. The van der Waals surface area contributed by atoms with Crippen LogP contribution in [0, 0.1) is 0 Å².